The lowest BCUT2D eigenvalue weighted by Crippen LogP contribution is -2.41. The van der Waals surface area contributed by atoms with E-state index in [1.807, 2.05) is 48.5 Å². The third-order valence-electron chi connectivity index (χ3n) is 3.52. The van der Waals surface area contributed by atoms with Gasteiger partial charge in [0, 0.05) is 13.1 Å². The number of ether oxygens (including phenoxy) is 2. The molecule has 2 aromatic carbocycles. The van der Waals surface area contributed by atoms with Gasteiger partial charge in [-0.1, -0.05) is 30.3 Å². The lowest BCUT2D eigenvalue weighted by Gasteiger charge is -2.30. The smallest absolute Gasteiger partial charge is 0.267 e. The second-order valence-corrected chi connectivity index (χ2v) is 5.06. The van der Waals surface area contributed by atoms with Gasteiger partial charge in [0.2, 0.25) is 0 Å². The number of anilines is 1. The van der Waals surface area contributed by atoms with Gasteiger partial charge < -0.3 is 14.4 Å². The van der Waals surface area contributed by atoms with E-state index in [2.05, 4.69) is 0 Å². The molecule has 0 saturated heterocycles. The summed E-state index contributed by atoms with van der Waals surface area (Å²) in [6.45, 7) is 2.25. The summed E-state index contributed by atoms with van der Waals surface area (Å²) in [6.07, 6.45) is -0.466. The van der Waals surface area contributed by atoms with E-state index in [9.17, 15) is 4.79 Å². The molecule has 1 amide bonds. The van der Waals surface area contributed by atoms with Crippen molar-refractivity contribution in [2.24, 2.45) is 0 Å². The minimum Gasteiger partial charge on any atom is -0.489 e. The Morgan fingerprint density at radius 3 is 2.71 bits per heavy atom. The summed E-state index contributed by atoms with van der Waals surface area (Å²) in [5, 5.41) is 0. The van der Waals surface area contributed by atoms with Crippen molar-refractivity contribution in [3.05, 3.63) is 54.1 Å². The van der Waals surface area contributed by atoms with Crippen LogP contribution in [0.15, 0.2) is 48.5 Å². The molecule has 108 valence electrons. The second kappa shape index (κ2) is 5.48. The highest BCUT2D eigenvalue weighted by molar-refractivity contribution is 5.99. The lowest BCUT2D eigenvalue weighted by atomic mass is 10.2. The fourth-order valence-electron chi connectivity index (χ4n) is 2.33. The van der Waals surface area contributed by atoms with E-state index in [1.54, 1.807) is 18.9 Å². The van der Waals surface area contributed by atoms with Crippen molar-refractivity contribution in [3.63, 3.8) is 0 Å². The van der Waals surface area contributed by atoms with Gasteiger partial charge in [0.25, 0.3) is 5.91 Å². The number of carbonyl (C=O) groups excluding carboxylic acids is 1. The molecular formula is C17H17NO3. The summed E-state index contributed by atoms with van der Waals surface area (Å²) in [4.78, 5) is 13.5. The van der Waals surface area contributed by atoms with Crippen LogP contribution < -0.4 is 14.4 Å². The van der Waals surface area contributed by atoms with E-state index in [-0.39, 0.29) is 5.91 Å². The van der Waals surface area contributed by atoms with E-state index < -0.39 is 6.10 Å². The second-order valence-electron chi connectivity index (χ2n) is 5.06. The average Bonchev–Trinajstić information content (AvgIpc) is 2.51. The van der Waals surface area contributed by atoms with Gasteiger partial charge in [-0.25, -0.2) is 0 Å². The van der Waals surface area contributed by atoms with Crippen LogP contribution in [0.4, 0.5) is 5.69 Å². The molecule has 0 radical (unpaired) electrons. The van der Waals surface area contributed by atoms with Gasteiger partial charge in [-0.15, -0.1) is 0 Å². The first-order chi connectivity index (χ1) is 10.1. The molecule has 0 spiro atoms. The Balaban J connectivity index is 1.77. The van der Waals surface area contributed by atoms with Crippen molar-refractivity contribution in [2.45, 2.75) is 19.6 Å². The first-order valence-electron chi connectivity index (χ1n) is 6.90. The number of hydrogen-bond donors (Lipinski definition) is 0. The third kappa shape index (κ3) is 2.70. The van der Waals surface area contributed by atoms with Crippen LogP contribution in [-0.4, -0.2) is 19.1 Å². The van der Waals surface area contributed by atoms with E-state index in [4.69, 9.17) is 9.47 Å². The quantitative estimate of drug-likeness (QED) is 0.869. The average molecular weight is 283 g/mol. The fourth-order valence-corrected chi connectivity index (χ4v) is 2.33. The van der Waals surface area contributed by atoms with Crippen molar-refractivity contribution in [2.75, 3.05) is 11.9 Å². The van der Waals surface area contributed by atoms with Gasteiger partial charge >= 0.3 is 0 Å². The zero-order valence-corrected chi connectivity index (χ0v) is 12.1. The highest BCUT2D eigenvalue weighted by atomic mass is 16.5. The van der Waals surface area contributed by atoms with Crippen LogP contribution in [0.25, 0.3) is 0 Å². The summed E-state index contributed by atoms with van der Waals surface area (Å²) >= 11 is 0. The molecule has 1 unspecified atom stereocenters. The van der Waals surface area contributed by atoms with Gasteiger partial charge in [-0.2, -0.15) is 0 Å². The summed E-state index contributed by atoms with van der Waals surface area (Å²) in [7, 11) is 1.75. The van der Waals surface area contributed by atoms with Crippen LogP contribution in [-0.2, 0) is 11.4 Å². The van der Waals surface area contributed by atoms with Crippen LogP contribution in [0.5, 0.6) is 11.5 Å². The number of benzene rings is 2. The standard InChI is InChI=1S/C17H17NO3/c1-12-17(19)18(2)15-9-8-14(10-16(15)21-12)20-11-13-6-4-3-5-7-13/h3-10,12H,11H2,1-2H3. The van der Waals surface area contributed by atoms with E-state index in [0.717, 1.165) is 17.0 Å². The summed E-state index contributed by atoms with van der Waals surface area (Å²) in [6, 6.07) is 15.5. The van der Waals surface area contributed by atoms with E-state index >= 15 is 0 Å². The maximum atomic E-state index is 11.9. The molecule has 1 aliphatic heterocycles. The first kappa shape index (κ1) is 13.5. The van der Waals surface area contributed by atoms with Gasteiger partial charge in [0.05, 0.1) is 5.69 Å². The molecule has 1 heterocycles. The van der Waals surface area contributed by atoms with Crippen molar-refractivity contribution in [3.8, 4) is 11.5 Å². The normalized spacial score (nSPS) is 17.1. The molecule has 1 atom stereocenters. The Labute approximate surface area is 123 Å². The summed E-state index contributed by atoms with van der Waals surface area (Å²) in [5.74, 6) is 1.36. The molecule has 4 heteroatoms. The van der Waals surface area contributed by atoms with Crippen LogP contribution in [0.1, 0.15) is 12.5 Å². The Hall–Kier alpha value is -2.49. The number of likely N-dealkylation sites (N-methyl/N-ethyl adjacent to an activating group) is 1. The molecule has 0 saturated carbocycles. The molecule has 1 aliphatic rings. The third-order valence-corrected chi connectivity index (χ3v) is 3.52. The van der Waals surface area contributed by atoms with Crippen LogP contribution in [0.2, 0.25) is 0 Å². The first-order valence-corrected chi connectivity index (χ1v) is 6.90. The van der Waals surface area contributed by atoms with Crippen LogP contribution in [0.3, 0.4) is 0 Å². The zero-order valence-electron chi connectivity index (χ0n) is 12.1. The predicted octanol–water partition coefficient (Wildman–Crippen LogP) is 3.01. The zero-order chi connectivity index (χ0) is 14.8. The van der Waals surface area contributed by atoms with Crippen LogP contribution in [0, 0.1) is 0 Å². The highest BCUT2D eigenvalue weighted by Gasteiger charge is 2.28. The van der Waals surface area contributed by atoms with Gasteiger partial charge in [-0.3, -0.25) is 4.79 Å². The summed E-state index contributed by atoms with van der Waals surface area (Å²) < 4.78 is 11.4. The number of carbonyl (C=O) groups is 1. The Kier molecular flexibility index (Phi) is 3.52. The molecule has 0 aliphatic carbocycles. The van der Waals surface area contributed by atoms with Gasteiger partial charge in [0.15, 0.2) is 6.10 Å². The minimum absolute atomic E-state index is 0.0412. The largest absolute Gasteiger partial charge is 0.489 e. The van der Waals surface area contributed by atoms with Crippen molar-refractivity contribution >= 4 is 11.6 Å². The van der Waals surface area contributed by atoms with Crippen molar-refractivity contribution < 1.29 is 14.3 Å². The maximum absolute atomic E-state index is 11.9. The van der Waals surface area contributed by atoms with Gasteiger partial charge in [0.1, 0.15) is 18.1 Å². The number of rotatable bonds is 3. The Bertz CT molecular complexity index is 654. The molecular weight excluding hydrogens is 266 g/mol. The van der Waals surface area contributed by atoms with Crippen LogP contribution >= 0.6 is 0 Å². The minimum atomic E-state index is -0.466. The monoisotopic (exact) mass is 283 g/mol. The highest BCUT2D eigenvalue weighted by Crippen LogP contribution is 2.36. The van der Waals surface area contributed by atoms with E-state index in [0.29, 0.717) is 12.4 Å². The fraction of sp³-hybridized carbons (Fsp3) is 0.235. The Morgan fingerprint density at radius 1 is 1.19 bits per heavy atom. The number of amides is 1. The molecule has 0 fully saturated rings. The molecule has 2 aromatic rings. The summed E-state index contributed by atoms with van der Waals surface area (Å²) in [5.41, 5.74) is 1.88. The maximum Gasteiger partial charge on any atom is 0.267 e. The lowest BCUT2D eigenvalue weighted by molar-refractivity contribution is -0.125. The molecule has 0 aromatic heterocycles. The molecule has 21 heavy (non-hydrogen) atoms. The molecule has 3 rings (SSSR count). The number of fused-ring (bicyclic) bond motifs is 1. The van der Waals surface area contributed by atoms with Crippen molar-refractivity contribution in [1.82, 2.24) is 0 Å². The Morgan fingerprint density at radius 2 is 1.95 bits per heavy atom. The SMILES string of the molecule is CC1Oc2cc(OCc3ccccc3)ccc2N(C)C1=O. The molecule has 4 nitrogen and oxygen atoms in total. The molecule has 0 bridgehead atoms. The number of nitrogens with zero attached hydrogens (tertiary/aromatic N) is 1. The predicted molar refractivity (Wildman–Crippen MR) is 80.7 cm³/mol. The van der Waals surface area contributed by atoms with Gasteiger partial charge in [-0.05, 0) is 24.6 Å². The van der Waals surface area contributed by atoms with Crippen molar-refractivity contribution in [1.29, 1.82) is 0 Å². The van der Waals surface area contributed by atoms with E-state index in [1.165, 1.54) is 0 Å². The number of hydrogen-bond acceptors (Lipinski definition) is 3. The molecule has 0 N–H and O–H groups in total. The topological polar surface area (TPSA) is 38.8 Å².